The summed E-state index contributed by atoms with van der Waals surface area (Å²) in [7, 11) is 0. The predicted octanol–water partition coefficient (Wildman–Crippen LogP) is 6.77. The third kappa shape index (κ3) is 20.2. The van der Waals surface area contributed by atoms with E-state index >= 15 is 0 Å². The van der Waals surface area contributed by atoms with Gasteiger partial charge in [0.05, 0.1) is 0 Å². The van der Waals surface area contributed by atoms with Gasteiger partial charge in [0.25, 0.3) is 0 Å². The highest BCUT2D eigenvalue weighted by atomic mass is 16.4. The fraction of sp³-hybridized carbons (Fsp3) is 0.500. The first-order valence-electron chi connectivity index (χ1n) is 9.24. The normalized spacial score (nSPS) is 12.7. The molecule has 0 bridgehead atoms. The number of aliphatic carboxylic acids is 1. The van der Waals surface area contributed by atoms with Crippen molar-refractivity contribution in [2.24, 2.45) is 0 Å². The zero-order valence-corrected chi connectivity index (χ0v) is 15.2. The van der Waals surface area contributed by atoms with E-state index in [4.69, 9.17) is 5.11 Å². The van der Waals surface area contributed by atoms with E-state index in [0.717, 1.165) is 51.4 Å². The lowest BCUT2D eigenvalue weighted by Crippen LogP contribution is -1.91. The molecular formula is C22H34O2. The van der Waals surface area contributed by atoms with Crippen molar-refractivity contribution in [3.8, 4) is 0 Å². The number of carboxylic acid groups (broad SMARTS) is 1. The largest absolute Gasteiger partial charge is 0.481 e. The second-order valence-corrected chi connectivity index (χ2v) is 5.67. The van der Waals surface area contributed by atoms with Gasteiger partial charge in [0, 0.05) is 6.42 Å². The third-order valence-electron chi connectivity index (χ3n) is 3.37. The lowest BCUT2D eigenvalue weighted by molar-refractivity contribution is -0.136. The number of rotatable bonds is 15. The van der Waals surface area contributed by atoms with Crippen molar-refractivity contribution in [3.05, 3.63) is 60.8 Å². The molecule has 0 aromatic heterocycles. The average molecular weight is 331 g/mol. The SMILES string of the molecule is CCC=CCCC=CCC=CCCC=CCCC=CCCC(=O)O. The number of carbonyl (C=O) groups is 1. The lowest BCUT2D eigenvalue weighted by atomic mass is 10.2. The molecule has 0 unspecified atom stereocenters. The van der Waals surface area contributed by atoms with E-state index in [2.05, 4.69) is 61.6 Å². The van der Waals surface area contributed by atoms with E-state index in [1.807, 2.05) is 6.08 Å². The molecular weight excluding hydrogens is 296 g/mol. The number of hydrogen-bond acceptors (Lipinski definition) is 1. The van der Waals surface area contributed by atoms with Gasteiger partial charge in [0.1, 0.15) is 0 Å². The highest BCUT2D eigenvalue weighted by molar-refractivity contribution is 5.66. The first-order chi connectivity index (χ1) is 11.8. The van der Waals surface area contributed by atoms with Crippen LogP contribution < -0.4 is 0 Å². The van der Waals surface area contributed by atoms with Crippen molar-refractivity contribution >= 4 is 5.97 Å². The molecule has 0 saturated heterocycles. The smallest absolute Gasteiger partial charge is 0.303 e. The second-order valence-electron chi connectivity index (χ2n) is 5.67. The van der Waals surface area contributed by atoms with E-state index < -0.39 is 5.97 Å². The lowest BCUT2D eigenvalue weighted by Gasteiger charge is -1.90. The molecule has 1 N–H and O–H groups in total. The minimum Gasteiger partial charge on any atom is -0.481 e. The Morgan fingerprint density at radius 2 is 1.00 bits per heavy atom. The number of hydrogen-bond donors (Lipinski definition) is 1. The zero-order chi connectivity index (χ0) is 17.7. The van der Waals surface area contributed by atoms with Gasteiger partial charge in [-0.1, -0.05) is 67.7 Å². The van der Waals surface area contributed by atoms with Gasteiger partial charge in [-0.2, -0.15) is 0 Å². The van der Waals surface area contributed by atoms with Crippen LogP contribution in [0.1, 0.15) is 71.1 Å². The first kappa shape index (κ1) is 22.2. The molecule has 0 saturated carbocycles. The topological polar surface area (TPSA) is 37.3 Å². The number of carboxylic acids is 1. The van der Waals surface area contributed by atoms with E-state index in [9.17, 15) is 4.79 Å². The van der Waals surface area contributed by atoms with Crippen LogP contribution in [0.25, 0.3) is 0 Å². The number of unbranched alkanes of at least 4 members (excludes halogenated alkanes) is 3. The Bertz CT molecular complexity index is 425. The van der Waals surface area contributed by atoms with Crippen molar-refractivity contribution in [1.82, 2.24) is 0 Å². The fourth-order valence-corrected chi connectivity index (χ4v) is 2.05. The standard InChI is InChI=1S/C22H34O2/c1-2-3-4-5-6-7-8-9-10-11-12-13-14-15-16-17-18-19-20-21-22(23)24/h3-4,7-8,10-11,14-15,18-19H,2,5-6,9,12-13,16-17,20-21H2,1H3,(H,23,24). The molecule has 0 aromatic rings. The summed E-state index contributed by atoms with van der Waals surface area (Å²) >= 11 is 0. The molecule has 0 atom stereocenters. The molecule has 0 spiro atoms. The van der Waals surface area contributed by atoms with Crippen molar-refractivity contribution in [2.45, 2.75) is 71.1 Å². The Kier molecular flexibility index (Phi) is 17.8. The molecule has 0 aliphatic heterocycles. The summed E-state index contributed by atoms with van der Waals surface area (Å²) in [6.45, 7) is 2.16. The Morgan fingerprint density at radius 1 is 0.625 bits per heavy atom. The fourth-order valence-electron chi connectivity index (χ4n) is 2.05. The summed E-state index contributed by atoms with van der Waals surface area (Å²) in [6, 6.07) is 0. The summed E-state index contributed by atoms with van der Waals surface area (Å²) in [6.07, 6.45) is 31.4. The van der Waals surface area contributed by atoms with Crippen LogP contribution in [0.2, 0.25) is 0 Å². The van der Waals surface area contributed by atoms with Gasteiger partial charge in [-0.3, -0.25) is 4.79 Å². The maximum Gasteiger partial charge on any atom is 0.303 e. The van der Waals surface area contributed by atoms with Crippen LogP contribution in [-0.4, -0.2) is 11.1 Å². The predicted molar refractivity (Wildman–Crippen MR) is 105 cm³/mol. The number of allylic oxidation sites excluding steroid dienone is 10. The highest BCUT2D eigenvalue weighted by Crippen LogP contribution is 2.01. The van der Waals surface area contributed by atoms with Crippen LogP contribution in [0.4, 0.5) is 0 Å². The summed E-state index contributed by atoms with van der Waals surface area (Å²) in [5.74, 6) is -0.729. The van der Waals surface area contributed by atoms with Crippen molar-refractivity contribution in [2.75, 3.05) is 0 Å². The second kappa shape index (κ2) is 19.2. The Morgan fingerprint density at radius 3 is 1.42 bits per heavy atom. The van der Waals surface area contributed by atoms with Gasteiger partial charge >= 0.3 is 5.97 Å². The molecule has 2 heteroatoms. The first-order valence-corrected chi connectivity index (χ1v) is 9.24. The molecule has 2 nitrogen and oxygen atoms in total. The van der Waals surface area contributed by atoms with E-state index in [1.165, 1.54) is 0 Å². The average Bonchev–Trinajstić information content (AvgIpc) is 2.56. The molecule has 0 fully saturated rings. The van der Waals surface area contributed by atoms with Crippen LogP contribution >= 0.6 is 0 Å². The van der Waals surface area contributed by atoms with Crippen LogP contribution in [0.15, 0.2) is 60.8 Å². The summed E-state index contributed by atoms with van der Waals surface area (Å²) in [4.78, 5) is 10.3. The van der Waals surface area contributed by atoms with Crippen LogP contribution in [0, 0.1) is 0 Å². The van der Waals surface area contributed by atoms with Gasteiger partial charge in [0.15, 0.2) is 0 Å². The van der Waals surface area contributed by atoms with Gasteiger partial charge in [-0.05, 0) is 57.8 Å². The molecule has 24 heavy (non-hydrogen) atoms. The molecule has 134 valence electrons. The quantitative estimate of drug-likeness (QED) is 0.265. The maximum atomic E-state index is 10.3. The van der Waals surface area contributed by atoms with Crippen molar-refractivity contribution < 1.29 is 9.90 Å². The van der Waals surface area contributed by atoms with Crippen LogP contribution in [0.3, 0.4) is 0 Å². The Labute approximate surface area is 148 Å². The van der Waals surface area contributed by atoms with Crippen molar-refractivity contribution in [1.29, 1.82) is 0 Å². The molecule has 0 rings (SSSR count). The summed E-state index contributed by atoms with van der Waals surface area (Å²) in [5.41, 5.74) is 0. The van der Waals surface area contributed by atoms with Gasteiger partial charge in [-0.25, -0.2) is 0 Å². The monoisotopic (exact) mass is 330 g/mol. The minimum atomic E-state index is -0.729. The van der Waals surface area contributed by atoms with Gasteiger partial charge < -0.3 is 5.11 Å². The highest BCUT2D eigenvalue weighted by Gasteiger charge is 1.90. The van der Waals surface area contributed by atoms with Gasteiger partial charge in [-0.15, -0.1) is 0 Å². The molecule has 0 aliphatic rings. The summed E-state index contributed by atoms with van der Waals surface area (Å²) in [5, 5.41) is 8.50. The molecule has 0 amide bonds. The van der Waals surface area contributed by atoms with Crippen LogP contribution in [-0.2, 0) is 4.79 Å². The van der Waals surface area contributed by atoms with E-state index in [0.29, 0.717) is 6.42 Å². The zero-order valence-electron chi connectivity index (χ0n) is 15.2. The van der Waals surface area contributed by atoms with Crippen LogP contribution in [0.5, 0.6) is 0 Å². The molecule has 0 radical (unpaired) electrons. The third-order valence-corrected chi connectivity index (χ3v) is 3.37. The molecule has 0 aromatic carbocycles. The summed E-state index contributed by atoms with van der Waals surface area (Å²) < 4.78 is 0. The molecule has 0 heterocycles. The van der Waals surface area contributed by atoms with E-state index in [1.54, 1.807) is 0 Å². The van der Waals surface area contributed by atoms with Crippen molar-refractivity contribution in [3.63, 3.8) is 0 Å². The van der Waals surface area contributed by atoms with Gasteiger partial charge in [0.2, 0.25) is 0 Å². The Hall–Kier alpha value is -1.83. The minimum absolute atomic E-state index is 0.226. The maximum absolute atomic E-state index is 10.3. The Balaban J connectivity index is 3.40. The van der Waals surface area contributed by atoms with E-state index in [-0.39, 0.29) is 6.42 Å². The molecule has 0 aliphatic carbocycles.